The summed E-state index contributed by atoms with van der Waals surface area (Å²) in [5, 5.41) is 2.30. The van der Waals surface area contributed by atoms with Gasteiger partial charge in [0, 0.05) is 4.47 Å². The fourth-order valence-electron chi connectivity index (χ4n) is 2.76. The van der Waals surface area contributed by atoms with E-state index in [9.17, 15) is 0 Å². The first-order valence-corrected chi connectivity index (χ1v) is 8.20. The second-order valence-corrected chi connectivity index (χ2v) is 6.59. The van der Waals surface area contributed by atoms with Crippen molar-refractivity contribution in [3.63, 3.8) is 0 Å². The van der Waals surface area contributed by atoms with Crippen LogP contribution in [0.1, 0.15) is 27.6 Å². The van der Waals surface area contributed by atoms with Gasteiger partial charge in [0.15, 0.2) is 0 Å². The van der Waals surface area contributed by atoms with Crippen LogP contribution in [0.15, 0.2) is 59.1 Å². The molecule has 0 aliphatic carbocycles. The Morgan fingerprint density at radius 2 is 1.62 bits per heavy atom. The van der Waals surface area contributed by atoms with Crippen molar-refractivity contribution in [3.8, 4) is 0 Å². The molecule has 1 unspecified atom stereocenters. The van der Waals surface area contributed by atoms with Gasteiger partial charge >= 0.3 is 0 Å². The third-order valence-corrected chi connectivity index (χ3v) is 5.47. The van der Waals surface area contributed by atoms with Crippen LogP contribution in [0, 0.1) is 13.8 Å². The monoisotopic (exact) mass is 358 g/mol. The third kappa shape index (κ3) is 2.61. The Hall–Kier alpha value is -1.31. The molecule has 3 rings (SSSR count). The van der Waals surface area contributed by atoms with Gasteiger partial charge in [0.05, 0.1) is 5.38 Å². The predicted octanol–water partition coefficient (Wildman–Crippen LogP) is 6.55. The standard InChI is InChI=1S/C19H16BrCl/c1-12-10-11-14-7-3-4-8-15(14)17(12)19(21)16-9-5-6-13(2)18(16)20/h3-11,19H,1-2H3. The summed E-state index contributed by atoms with van der Waals surface area (Å²) in [4.78, 5) is 0. The highest BCUT2D eigenvalue weighted by molar-refractivity contribution is 9.10. The fourth-order valence-corrected chi connectivity index (χ4v) is 3.86. The van der Waals surface area contributed by atoms with Crippen molar-refractivity contribution >= 4 is 38.3 Å². The summed E-state index contributed by atoms with van der Waals surface area (Å²) in [5.41, 5.74) is 4.75. The van der Waals surface area contributed by atoms with Crippen molar-refractivity contribution in [1.82, 2.24) is 0 Å². The van der Waals surface area contributed by atoms with E-state index in [1.54, 1.807) is 0 Å². The second-order valence-electron chi connectivity index (χ2n) is 5.36. The van der Waals surface area contributed by atoms with E-state index < -0.39 is 0 Å². The average Bonchev–Trinajstić information content (AvgIpc) is 2.49. The molecule has 3 aromatic rings. The molecule has 106 valence electrons. The molecule has 0 aliphatic rings. The van der Waals surface area contributed by atoms with E-state index >= 15 is 0 Å². The minimum atomic E-state index is -0.162. The topological polar surface area (TPSA) is 0 Å². The zero-order valence-corrected chi connectivity index (χ0v) is 14.4. The highest BCUT2D eigenvalue weighted by Gasteiger charge is 2.19. The highest BCUT2D eigenvalue weighted by atomic mass is 79.9. The molecule has 0 fully saturated rings. The second kappa shape index (κ2) is 5.82. The first-order chi connectivity index (χ1) is 10.1. The van der Waals surface area contributed by atoms with Crippen LogP contribution >= 0.6 is 27.5 Å². The molecule has 0 saturated heterocycles. The van der Waals surface area contributed by atoms with Gasteiger partial charge in [0.1, 0.15) is 0 Å². The van der Waals surface area contributed by atoms with E-state index in [2.05, 4.69) is 84.4 Å². The van der Waals surface area contributed by atoms with Crippen molar-refractivity contribution in [1.29, 1.82) is 0 Å². The minimum absolute atomic E-state index is 0.162. The van der Waals surface area contributed by atoms with E-state index in [4.69, 9.17) is 11.6 Å². The lowest BCUT2D eigenvalue weighted by Crippen LogP contribution is -1.99. The van der Waals surface area contributed by atoms with Gasteiger partial charge in [-0.1, -0.05) is 70.5 Å². The fraction of sp³-hybridized carbons (Fsp3) is 0.158. The lowest BCUT2D eigenvalue weighted by Gasteiger charge is -2.18. The number of halogens is 2. The Morgan fingerprint density at radius 3 is 2.43 bits per heavy atom. The van der Waals surface area contributed by atoms with Crippen LogP contribution in [0.25, 0.3) is 10.8 Å². The van der Waals surface area contributed by atoms with Gasteiger partial charge in [-0.3, -0.25) is 0 Å². The molecule has 0 saturated carbocycles. The molecule has 2 heteroatoms. The van der Waals surface area contributed by atoms with E-state index in [1.807, 2.05) is 0 Å². The molecule has 0 amide bonds. The van der Waals surface area contributed by atoms with Gasteiger partial charge < -0.3 is 0 Å². The normalized spacial score (nSPS) is 12.6. The van der Waals surface area contributed by atoms with Gasteiger partial charge in [-0.05, 0) is 46.9 Å². The van der Waals surface area contributed by atoms with E-state index in [0.717, 1.165) is 10.0 Å². The molecular weight excluding hydrogens is 344 g/mol. The Labute approximate surface area is 138 Å². The largest absolute Gasteiger partial charge is 0.113 e. The van der Waals surface area contributed by atoms with Gasteiger partial charge in [-0.25, -0.2) is 0 Å². The highest BCUT2D eigenvalue weighted by Crippen LogP contribution is 2.39. The lowest BCUT2D eigenvalue weighted by atomic mass is 9.93. The van der Waals surface area contributed by atoms with Crippen LogP contribution < -0.4 is 0 Å². The van der Waals surface area contributed by atoms with Crippen molar-refractivity contribution in [3.05, 3.63) is 81.3 Å². The first-order valence-electron chi connectivity index (χ1n) is 6.97. The molecule has 0 heterocycles. The Bertz CT molecular complexity index is 808. The molecular formula is C19H16BrCl. The number of hydrogen-bond donors (Lipinski definition) is 0. The maximum atomic E-state index is 6.86. The lowest BCUT2D eigenvalue weighted by molar-refractivity contribution is 1.11. The first kappa shape index (κ1) is 14.6. The number of rotatable bonds is 2. The summed E-state index contributed by atoms with van der Waals surface area (Å²) in [7, 11) is 0. The van der Waals surface area contributed by atoms with Gasteiger partial charge in [0.2, 0.25) is 0 Å². The summed E-state index contributed by atoms with van der Waals surface area (Å²) in [6.07, 6.45) is 0. The van der Waals surface area contributed by atoms with Crippen molar-refractivity contribution in [2.24, 2.45) is 0 Å². The SMILES string of the molecule is Cc1cccc(C(Cl)c2c(C)ccc3ccccc23)c1Br. The summed E-state index contributed by atoms with van der Waals surface area (Å²) in [6, 6.07) is 19.0. The smallest absolute Gasteiger partial charge is 0.0854 e. The number of fused-ring (bicyclic) bond motifs is 1. The number of benzene rings is 3. The molecule has 3 aromatic carbocycles. The predicted molar refractivity (Wildman–Crippen MR) is 95.3 cm³/mol. The quantitative estimate of drug-likeness (QED) is 0.455. The maximum absolute atomic E-state index is 6.86. The van der Waals surface area contributed by atoms with E-state index in [-0.39, 0.29) is 5.38 Å². The van der Waals surface area contributed by atoms with Crippen LogP contribution in [0.2, 0.25) is 0 Å². The van der Waals surface area contributed by atoms with Crippen molar-refractivity contribution < 1.29 is 0 Å². The Balaban J connectivity index is 2.24. The summed E-state index contributed by atoms with van der Waals surface area (Å²) >= 11 is 10.5. The van der Waals surface area contributed by atoms with Crippen LogP contribution in [-0.2, 0) is 0 Å². The zero-order chi connectivity index (χ0) is 15.0. The Morgan fingerprint density at radius 1 is 0.857 bits per heavy atom. The Kier molecular flexibility index (Phi) is 4.05. The number of aryl methyl sites for hydroxylation is 2. The zero-order valence-electron chi connectivity index (χ0n) is 12.0. The summed E-state index contributed by atoms with van der Waals surface area (Å²) in [6.45, 7) is 4.22. The molecule has 0 nitrogen and oxygen atoms in total. The minimum Gasteiger partial charge on any atom is -0.113 e. The van der Waals surface area contributed by atoms with Gasteiger partial charge in [0.25, 0.3) is 0 Å². The number of hydrogen-bond acceptors (Lipinski definition) is 0. The molecule has 0 bridgehead atoms. The van der Waals surface area contributed by atoms with Crippen molar-refractivity contribution in [2.75, 3.05) is 0 Å². The van der Waals surface area contributed by atoms with Crippen LogP contribution in [0.4, 0.5) is 0 Å². The molecule has 0 aliphatic heterocycles. The number of alkyl halides is 1. The van der Waals surface area contributed by atoms with E-state index in [0.29, 0.717) is 0 Å². The van der Waals surface area contributed by atoms with Crippen LogP contribution in [-0.4, -0.2) is 0 Å². The molecule has 21 heavy (non-hydrogen) atoms. The van der Waals surface area contributed by atoms with Gasteiger partial charge in [-0.15, -0.1) is 11.6 Å². The van der Waals surface area contributed by atoms with Crippen molar-refractivity contribution in [2.45, 2.75) is 19.2 Å². The molecule has 0 spiro atoms. The molecule has 0 N–H and O–H groups in total. The molecule has 0 radical (unpaired) electrons. The average molecular weight is 360 g/mol. The van der Waals surface area contributed by atoms with Gasteiger partial charge in [-0.2, -0.15) is 0 Å². The molecule has 1 atom stereocenters. The third-order valence-electron chi connectivity index (χ3n) is 3.94. The van der Waals surface area contributed by atoms with Crippen LogP contribution in [0.3, 0.4) is 0 Å². The van der Waals surface area contributed by atoms with E-state index in [1.165, 1.54) is 27.5 Å². The molecule has 0 aromatic heterocycles. The summed E-state index contributed by atoms with van der Waals surface area (Å²) < 4.78 is 1.09. The maximum Gasteiger partial charge on any atom is 0.0854 e. The van der Waals surface area contributed by atoms with Crippen LogP contribution in [0.5, 0.6) is 0 Å². The summed E-state index contributed by atoms with van der Waals surface area (Å²) in [5.74, 6) is 0.